The van der Waals surface area contributed by atoms with Crippen molar-refractivity contribution in [2.75, 3.05) is 0 Å². The molecule has 0 aromatic carbocycles. The minimum absolute atomic E-state index is 0.637. The van der Waals surface area contributed by atoms with Gasteiger partial charge < -0.3 is 5.32 Å². The first-order valence-electron chi connectivity index (χ1n) is 5.79. The zero-order valence-electron chi connectivity index (χ0n) is 9.43. The molecule has 4 unspecified atom stereocenters. The maximum atomic E-state index is 3.80. The fraction of sp³-hybridized carbons (Fsp3) is 1.00. The van der Waals surface area contributed by atoms with E-state index < -0.39 is 0 Å². The number of nitrogens with one attached hydrogen (secondary N) is 1. The van der Waals surface area contributed by atoms with Crippen LogP contribution < -0.4 is 5.32 Å². The van der Waals surface area contributed by atoms with Crippen LogP contribution in [0.4, 0.5) is 0 Å². The van der Waals surface area contributed by atoms with Crippen molar-refractivity contribution in [3.63, 3.8) is 0 Å². The Bertz CT molecular complexity index is 195. The molecule has 0 amide bonds. The Morgan fingerprint density at radius 3 is 2.31 bits per heavy atom. The van der Waals surface area contributed by atoms with Gasteiger partial charge in [0.2, 0.25) is 0 Å². The van der Waals surface area contributed by atoms with Crippen LogP contribution in [0.3, 0.4) is 0 Å². The van der Waals surface area contributed by atoms with Crippen LogP contribution in [0.15, 0.2) is 0 Å². The van der Waals surface area contributed by atoms with Crippen LogP contribution >= 0.6 is 0 Å². The van der Waals surface area contributed by atoms with E-state index in [4.69, 9.17) is 0 Å². The predicted octanol–water partition coefficient (Wildman–Crippen LogP) is 2.81. The van der Waals surface area contributed by atoms with Gasteiger partial charge in [0.15, 0.2) is 0 Å². The average molecular weight is 181 g/mol. The van der Waals surface area contributed by atoms with Crippen molar-refractivity contribution < 1.29 is 0 Å². The minimum atomic E-state index is 0.637. The van der Waals surface area contributed by atoms with Crippen LogP contribution in [0.2, 0.25) is 0 Å². The third-order valence-corrected chi connectivity index (χ3v) is 4.71. The van der Waals surface area contributed by atoms with E-state index >= 15 is 0 Å². The normalized spacial score (nSPS) is 43.8. The Labute approximate surface area is 82.3 Å². The van der Waals surface area contributed by atoms with Crippen molar-refractivity contribution >= 4 is 0 Å². The van der Waals surface area contributed by atoms with Gasteiger partial charge in [-0.05, 0) is 43.4 Å². The molecular formula is C12H23N. The molecule has 0 aromatic heterocycles. The Morgan fingerprint density at radius 1 is 1.31 bits per heavy atom. The standard InChI is InChI=1S/C12H23N/c1-8-7-11(9(8)2)13-10(3)12(4)5-6-12/h8-11,13H,5-7H2,1-4H3. The number of hydrogen-bond donors (Lipinski definition) is 1. The van der Waals surface area contributed by atoms with Crippen LogP contribution in [-0.2, 0) is 0 Å². The molecule has 0 bridgehead atoms. The fourth-order valence-electron chi connectivity index (χ4n) is 2.40. The lowest BCUT2D eigenvalue weighted by Crippen LogP contribution is -2.52. The van der Waals surface area contributed by atoms with E-state index in [1.807, 2.05) is 0 Å². The Kier molecular flexibility index (Phi) is 2.18. The predicted molar refractivity (Wildman–Crippen MR) is 56.7 cm³/mol. The van der Waals surface area contributed by atoms with Crippen molar-refractivity contribution in [3.8, 4) is 0 Å². The third kappa shape index (κ3) is 1.63. The highest BCUT2D eigenvalue weighted by atomic mass is 15.0. The summed E-state index contributed by atoms with van der Waals surface area (Å²) in [6, 6.07) is 1.54. The van der Waals surface area contributed by atoms with E-state index in [2.05, 4.69) is 33.0 Å². The molecule has 4 atom stereocenters. The highest BCUT2D eigenvalue weighted by Gasteiger charge is 2.45. The van der Waals surface area contributed by atoms with Gasteiger partial charge in [0.05, 0.1) is 0 Å². The van der Waals surface area contributed by atoms with Gasteiger partial charge in [-0.3, -0.25) is 0 Å². The Balaban J connectivity index is 1.79. The topological polar surface area (TPSA) is 12.0 Å². The van der Waals surface area contributed by atoms with Gasteiger partial charge in [0.25, 0.3) is 0 Å². The Morgan fingerprint density at radius 2 is 1.92 bits per heavy atom. The SMILES string of the molecule is CC1CC(NC(C)C2(C)CC2)C1C. The lowest BCUT2D eigenvalue weighted by Gasteiger charge is -2.44. The molecule has 0 aromatic rings. The van der Waals surface area contributed by atoms with E-state index in [1.54, 1.807) is 0 Å². The fourth-order valence-corrected chi connectivity index (χ4v) is 2.40. The molecule has 0 spiro atoms. The molecule has 2 aliphatic rings. The maximum Gasteiger partial charge on any atom is 0.0101 e. The molecule has 13 heavy (non-hydrogen) atoms. The lowest BCUT2D eigenvalue weighted by molar-refractivity contribution is 0.116. The van der Waals surface area contributed by atoms with Gasteiger partial charge in [-0.15, -0.1) is 0 Å². The molecule has 0 heterocycles. The zero-order valence-corrected chi connectivity index (χ0v) is 9.43. The summed E-state index contributed by atoms with van der Waals surface area (Å²) in [5, 5.41) is 3.80. The molecule has 1 heteroatoms. The first-order valence-corrected chi connectivity index (χ1v) is 5.79. The largest absolute Gasteiger partial charge is 0.311 e. The monoisotopic (exact) mass is 181 g/mol. The van der Waals surface area contributed by atoms with Gasteiger partial charge in [-0.2, -0.15) is 0 Å². The molecule has 0 radical (unpaired) electrons. The summed E-state index contributed by atoms with van der Waals surface area (Å²) in [4.78, 5) is 0. The molecule has 1 N–H and O–H groups in total. The van der Waals surface area contributed by atoms with Gasteiger partial charge in [0, 0.05) is 12.1 Å². The Hall–Kier alpha value is -0.0400. The second-order valence-electron chi connectivity index (χ2n) is 5.72. The van der Waals surface area contributed by atoms with E-state index in [9.17, 15) is 0 Å². The molecule has 2 rings (SSSR count). The van der Waals surface area contributed by atoms with Crippen molar-refractivity contribution in [1.82, 2.24) is 5.32 Å². The zero-order chi connectivity index (χ0) is 9.64. The first kappa shape index (κ1) is 9.51. The first-order chi connectivity index (χ1) is 6.03. The van der Waals surface area contributed by atoms with Gasteiger partial charge in [-0.25, -0.2) is 0 Å². The molecule has 2 fully saturated rings. The van der Waals surface area contributed by atoms with Crippen molar-refractivity contribution in [2.45, 2.75) is 59.0 Å². The highest BCUT2D eigenvalue weighted by Crippen LogP contribution is 2.48. The van der Waals surface area contributed by atoms with Crippen LogP contribution in [0.1, 0.15) is 47.0 Å². The summed E-state index contributed by atoms with van der Waals surface area (Å²) >= 11 is 0. The molecule has 2 aliphatic carbocycles. The van der Waals surface area contributed by atoms with Gasteiger partial charge >= 0.3 is 0 Å². The molecule has 1 nitrogen and oxygen atoms in total. The summed E-state index contributed by atoms with van der Waals surface area (Å²) in [6.07, 6.45) is 4.25. The lowest BCUT2D eigenvalue weighted by atomic mass is 9.71. The molecule has 0 aliphatic heterocycles. The number of hydrogen-bond acceptors (Lipinski definition) is 1. The van der Waals surface area contributed by atoms with E-state index in [1.165, 1.54) is 19.3 Å². The molecule has 2 saturated carbocycles. The van der Waals surface area contributed by atoms with Gasteiger partial charge in [0.1, 0.15) is 0 Å². The van der Waals surface area contributed by atoms with Crippen molar-refractivity contribution in [3.05, 3.63) is 0 Å². The summed E-state index contributed by atoms with van der Waals surface area (Å²) in [7, 11) is 0. The average Bonchev–Trinajstić information content (AvgIpc) is 2.84. The summed E-state index contributed by atoms with van der Waals surface area (Å²) < 4.78 is 0. The molecule has 76 valence electrons. The second-order valence-corrected chi connectivity index (χ2v) is 5.72. The summed E-state index contributed by atoms with van der Waals surface area (Å²) in [5.74, 6) is 1.83. The van der Waals surface area contributed by atoms with Crippen LogP contribution in [-0.4, -0.2) is 12.1 Å². The summed E-state index contributed by atoms with van der Waals surface area (Å²) in [6.45, 7) is 9.53. The highest BCUT2D eigenvalue weighted by molar-refractivity contribution is 5.00. The minimum Gasteiger partial charge on any atom is -0.311 e. The summed E-state index contributed by atoms with van der Waals surface area (Å²) in [5.41, 5.74) is 0.637. The number of rotatable bonds is 3. The second kappa shape index (κ2) is 2.98. The smallest absolute Gasteiger partial charge is 0.0101 e. The van der Waals surface area contributed by atoms with Crippen molar-refractivity contribution in [2.24, 2.45) is 17.3 Å². The molecule has 0 saturated heterocycles. The van der Waals surface area contributed by atoms with Crippen molar-refractivity contribution in [1.29, 1.82) is 0 Å². The third-order valence-electron chi connectivity index (χ3n) is 4.71. The van der Waals surface area contributed by atoms with Crippen LogP contribution in [0, 0.1) is 17.3 Å². The maximum absolute atomic E-state index is 3.80. The quantitative estimate of drug-likeness (QED) is 0.706. The van der Waals surface area contributed by atoms with E-state index in [0.717, 1.165) is 23.9 Å². The van der Waals surface area contributed by atoms with Crippen LogP contribution in [0.5, 0.6) is 0 Å². The van der Waals surface area contributed by atoms with E-state index in [0.29, 0.717) is 5.41 Å². The van der Waals surface area contributed by atoms with Gasteiger partial charge in [-0.1, -0.05) is 20.8 Å². The van der Waals surface area contributed by atoms with Crippen LogP contribution in [0.25, 0.3) is 0 Å². The molecular weight excluding hydrogens is 158 g/mol. The van der Waals surface area contributed by atoms with E-state index in [-0.39, 0.29) is 0 Å².